The van der Waals surface area contributed by atoms with Crippen LogP contribution in [0.3, 0.4) is 0 Å². The van der Waals surface area contributed by atoms with Crippen molar-refractivity contribution < 1.29 is 13.9 Å². The van der Waals surface area contributed by atoms with E-state index in [4.69, 9.17) is 10.5 Å². The summed E-state index contributed by atoms with van der Waals surface area (Å²) in [7, 11) is 1.37. The number of rotatable bonds is 3. The van der Waals surface area contributed by atoms with Crippen LogP contribution in [0.2, 0.25) is 0 Å². The molecule has 0 heterocycles. The summed E-state index contributed by atoms with van der Waals surface area (Å²) in [6, 6.07) is 4.30. The lowest BCUT2D eigenvalue weighted by Crippen LogP contribution is -2.31. The summed E-state index contributed by atoms with van der Waals surface area (Å²) in [5.74, 6) is -0.532. The Bertz CT molecular complexity index is 455. The van der Waals surface area contributed by atoms with Gasteiger partial charge in [0.1, 0.15) is 5.82 Å². The smallest absolute Gasteiger partial charge is 0.313 e. The Labute approximate surface area is 99.8 Å². The number of carbonyl (C=O) groups is 1. The summed E-state index contributed by atoms with van der Waals surface area (Å²) in [4.78, 5) is 11.7. The lowest BCUT2D eigenvalue weighted by atomic mass is 9.90. The highest BCUT2D eigenvalue weighted by molar-refractivity contribution is 5.81. The third kappa shape index (κ3) is 1.93. The van der Waals surface area contributed by atoms with Crippen LogP contribution in [0.15, 0.2) is 18.2 Å². The van der Waals surface area contributed by atoms with Crippen molar-refractivity contribution in [1.82, 2.24) is 0 Å². The SMILES string of the molecule is COC(=O)C1(C(N)c2ccc(F)c(C)c2)CC1. The molecule has 0 spiro atoms. The highest BCUT2D eigenvalue weighted by atomic mass is 19.1. The van der Waals surface area contributed by atoms with E-state index in [0.717, 1.165) is 18.4 Å². The molecule has 1 aliphatic rings. The Morgan fingerprint density at radius 1 is 1.53 bits per heavy atom. The third-order valence-corrected chi connectivity index (χ3v) is 3.52. The first-order chi connectivity index (χ1) is 8.01. The molecule has 0 aromatic heterocycles. The number of carbonyl (C=O) groups excluding carboxylic acids is 1. The molecule has 2 N–H and O–H groups in total. The molecular formula is C13H16FNO2. The molecule has 3 nitrogen and oxygen atoms in total. The molecule has 1 aromatic rings. The quantitative estimate of drug-likeness (QED) is 0.819. The standard InChI is InChI=1S/C13H16FNO2/c1-8-7-9(3-4-10(8)14)11(15)13(5-6-13)12(16)17-2/h3-4,7,11H,5-6,15H2,1-2H3. The van der Waals surface area contributed by atoms with Gasteiger partial charge in [-0.25, -0.2) is 4.39 Å². The number of nitrogens with two attached hydrogens (primary N) is 1. The molecule has 92 valence electrons. The number of benzene rings is 1. The van der Waals surface area contributed by atoms with Gasteiger partial charge >= 0.3 is 5.97 Å². The van der Waals surface area contributed by atoms with Crippen molar-refractivity contribution in [2.24, 2.45) is 11.1 Å². The predicted molar refractivity (Wildman–Crippen MR) is 61.7 cm³/mol. The largest absolute Gasteiger partial charge is 0.469 e. The zero-order valence-electron chi connectivity index (χ0n) is 10.00. The van der Waals surface area contributed by atoms with Gasteiger partial charge in [-0.2, -0.15) is 0 Å². The molecule has 2 rings (SSSR count). The second kappa shape index (κ2) is 4.11. The Balaban J connectivity index is 2.28. The lowest BCUT2D eigenvalue weighted by Gasteiger charge is -2.21. The molecular weight excluding hydrogens is 221 g/mol. The van der Waals surface area contributed by atoms with E-state index in [1.807, 2.05) is 0 Å². The van der Waals surface area contributed by atoms with Gasteiger partial charge in [-0.1, -0.05) is 12.1 Å². The Morgan fingerprint density at radius 2 is 2.18 bits per heavy atom. The topological polar surface area (TPSA) is 52.3 Å². The van der Waals surface area contributed by atoms with Gasteiger partial charge in [-0.3, -0.25) is 4.79 Å². The molecule has 0 saturated heterocycles. The molecule has 1 unspecified atom stereocenters. The second-order valence-corrected chi connectivity index (χ2v) is 4.63. The molecule has 17 heavy (non-hydrogen) atoms. The summed E-state index contributed by atoms with van der Waals surface area (Å²) in [6.45, 7) is 1.68. The average molecular weight is 237 g/mol. The first kappa shape index (κ1) is 12.0. The highest BCUT2D eigenvalue weighted by Crippen LogP contribution is 2.54. The number of methoxy groups -OCH3 is 1. The molecule has 1 saturated carbocycles. The van der Waals surface area contributed by atoms with Crippen LogP contribution in [-0.4, -0.2) is 13.1 Å². The summed E-state index contributed by atoms with van der Waals surface area (Å²) >= 11 is 0. The van der Waals surface area contributed by atoms with Crippen molar-refractivity contribution in [3.05, 3.63) is 35.1 Å². The van der Waals surface area contributed by atoms with E-state index in [0.29, 0.717) is 5.56 Å². The van der Waals surface area contributed by atoms with E-state index >= 15 is 0 Å². The maximum Gasteiger partial charge on any atom is 0.313 e. The minimum absolute atomic E-state index is 0.260. The summed E-state index contributed by atoms with van der Waals surface area (Å²) in [5.41, 5.74) is 6.83. The van der Waals surface area contributed by atoms with Crippen molar-refractivity contribution in [2.75, 3.05) is 7.11 Å². The first-order valence-corrected chi connectivity index (χ1v) is 5.61. The van der Waals surface area contributed by atoms with Crippen LogP contribution in [0.25, 0.3) is 0 Å². The fraction of sp³-hybridized carbons (Fsp3) is 0.462. The van der Waals surface area contributed by atoms with Gasteiger partial charge in [0.2, 0.25) is 0 Å². The van der Waals surface area contributed by atoms with Gasteiger partial charge in [-0.15, -0.1) is 0 Å². The van der Waals surface area contributed by atoms with Gasteiger partial charge in [0.05, 0.1) is 12.5 Å². The van der Waals surface area contributed by atoms with Gasteiger partial charge in [0, 0.05) is 6.04 Å². The normalized spacial score (nSPS) is 18.6. The van der Waals surface area contributed by atoms with Crippen molar-refractivity contribution >= 4 is 5.97 Å². The predicted octanol–water partition coefficient (Wildman–Crippen LogP) is 2.09. The monoisotopic (exact) mass is 237 g/mol. The minimum Gasteiger partial charge on any atom is -0.469 e. The fourth-order valence-electron chi connectivity index (χ4n) is 2.16. The number of hydrogen-bond acceptors (Lipinski definition) is 3. The van der Waals surface area contributed by atoms with E-state index < -0.39 is 11.5 Å². The molecule has 0 amide bonds. The summed E-state index contributed by atoms with van der Waals surface area (Å²) in [5, 5.41) is 0. The zero-order chi connectivity index (χ0) is 12.6. The van der Waals surface area contributed by atoms with Crippen LogP contribution < -0.4 is 5.73 Å². The van der Waals surface area contributed by atoms with Gasteiger partial charge in [0.25, 0.3) is 0 Å². The fourth-order valence-corrected chi connectivity index (χ4v) is 2.16. The molecule has 1 atom stereocenters. The van der Waals surface area contributed by atoms with Crippen molar-refractivity contribution in [1.29, 1.82) is 0 Å². The molecule has 1 aliphatic carbocycles. The van der Waals surface area contributed by atoms with Crippen LogP contribution in [0.5, 0.6) is 0 Å². The maximum absolute atomic E-state index is 13.2. The van der Waals surface area contributed by atoms with Crippen LogP contribution in [-0.2, 0) is 9.53 Å². The molecule has 4 heteroatoms. The van der Waals surface area contributed by atoms with Crippen LogP contribution >= 0.6 is 0 Å². The summed E-state index contributed by atoms with van der Waals surface area (Å²) in [6.07, 6.45) is 1.47. The van der Waals surface area contributed by atoms with E-state index in [9.17, 15) is 9.18 Å². The maximum atomic E-state index is 13.2. The van der Waals surface area contributed by atoms with E-state index in [1.165, 1.54) is 13.2 Å². The second-order valence-electron chi connectivity index (χ2n) is 4.63. The molecule has 0 bridgehead atoms. The first-order valence-electron chi connectivity index (χ1n) is 5.61. The van der Waals surface area contributed by atoms with Gasteiger partial charge < -0.3 is 10.5 Å². The van der Waals surface area contributed by atoms with Crippen LogP contribution in [0.1, 0.15) is 30.0 Å². The van der Waals surface area contributed by atoms with Crippen molar-refractivity contribution in [2.45, 2.75) is 25.8 Å². The molecule has 0 radical (unpaired) electrons. The van der Waals surface area contributed by atoms with Crippen LogP contribution in [0.4, 0.5) is 4.39 Å². The number of hydrogen-bond donors (Lipinski definition) is 1. The van der Waals surface area contributed by atoms with E-state index in [1.54, 1.807) is 19.1 Å². The molecule has 0 aliphatic heterocycles. The van der Waals surface area contributed by atoms with Gasteiger partial charge in [-0.05, 0) is 37.0 Å². The van der Waals surface area contributed by atoms with E-state index in [-0.39, 0.29) is 11.8 Å². The number of aryl methyl sites for hydroxylation is 1. The Hall–Kier alpha value is -1.42. The highest BCUT2D eigenvalue weighted by Gasteiger charge is 2.56. The summed E-state index contributed by atoms with van der Waals surface area (Å²) < 4.78 is 17.9. The van der Waals surface area contributed by atoms with Crippen molar-refractivity contribution in [3.8, 4) is 0 Å². The third-order valence-electron chi connectivity index (χ3n) is 3.52. The average Bonchev–Trinajstić information content (AvgIpc) is 3.12. The minimum atomic E-state index is -0.598. The zero-order valence-corrected chi connectivity index (χ0v) is 10.00. The molecule has 1 aromatic carbocycles. The Kier molecular flexibility index (Phi) is 2.91. The molecule has 1 fully saturated rings. The van der Waals surface area contributed by atoms with Crippen molar-refractivity contribution in [3.63, 3.8) is 0 Å². The van der Waals surface area contributed by atoms with E-state index in [2.05, 4.69) is 0 Å². The number of esters is 1. The van der Waals surface area contributed by atoms with Gasteiger partial charge in [0.15, 0.2) is 0 Å². The van der Waals surface area contributed by atoms with Crippen LogP contribution in [0, 0.1) is 18.2 Å². The lowest BCUT2D eigenvalue weighted by molar-refractivity contribution is -0.148. The number of ether oxygens (including phenoxy) is 1. The Morgan fingerprint density at radius 3 is 2.65 bits per heavy atom. The number of halogens is 1.